The first kappa shape index (κ1) is 10.7. The highest BCUT2D eigenvalue weighted by molar-refractivity contribution is 5.95. The molecule has 0 aromatic carbocycles. The van der Waals surface area contributed by atoms with E-state index < -0.39 is 5.91 Å². The van der Waals surface area contributed by atoms with Gasteiger partial charge in [-0.15, -0.1) is 0 Å². The van der Waals surface area contributed by atoms with Crippen molar-refractivity contribution in [1.29, 1.82) is 0 Å². The number of pyridine rings is 1. The van der Waals surface area contributed by atoms with Crippen molar-refractivity contribution in [3.63, 3.8) is 0 Å². The number of nitrogens with two attached hydrogens (primary N) is 2. The summed E-state index contributed by atoms with van der Waals surface area (Å²) in [5.74, 6) is -0.383. The smallest absolute Gasteiger partial charge is 0.254 e. The first-order valence-electron chi connectivity index (χ1n) is 4.96. The Morgan fingerprint density at radius 1 is 1.62 bits per heavy atom. The molecule has 1 atom stereocenters. The predicted octanol–water partition coefficient (Wildman–Crippen LogP) is -0.0696. The largest absolute Gasteiger partial charge is 0.471 e. The van der Waals surface area contributed by atoms with Gasteiger partial charge in [0, 0.05) is 6.42 Å². The zero-order chi connectivity index (χ0) is 11.5. The molecule has 0 bridgehead atoms. The number of aromatic nitrogens is 1. The molecule has 1 aromatic heterocycles. The molecule has 1 aromatic rings. The Morgan fingerprint density at radius 3 is 3.06 bits per heavy atom. The van der Waals surface area contributed by atoms with E-state index in [4.69, 9.17) is 20.9 Å². The number of carbonyl (C=O) groups excluding carboxylic acids is 1. The molecule has 1 fully saturated rings. The summed E-state index contributed by atoms with van der Waals surface area (Å²) >= 11 is 0. The molecule has 1 aliphatic heterocycles. The monoisotopic (exact) mass is 223 g/mol. The predicted molar refractivity (Wildman–Crippen MR) is 57.0 cm³/mol. The number of nitrogens with zero attached hydrogens (tertiary/aromatic N) is 1. The van der Waals surface area contributed by atoms with Crippen LogP contribution in [-0.4, -0.2) is 30.2 Å². The van der Waals surface area contributed by atoms with Gasteiger partial charge in [-0.3, -0.25) is 4.79 Å². The fourth-order valence-electron chi connectivity index (χ4n) is 1.50. The number of hydrogen-bond acceptors (Lipinski definition) is 5. The molecule has 16 heavy (non-hydrogen) atoms. The summed E-state index contributed by atoms with van der Waals surface area (Å²) in [5, 5.41) is 0. The summed E-state index contributed by atoms with van der Waals surface area (Å²) in [7, 11) is 0. The Bertz CT molecular complexity index is 402. The van der Waals surface area contributed by atoms with Gasteiger partial charge in [0.25, 0.3) is 5.91 Å². The van der Waals surface area contributed by atoms with Crippen molar-refractivity contribution < 1.29 is 14.3 Å². The van der Waals surface area contributed by atoms with Crippen LogP contribution >= 0.6 is 0 Å². The summed E-state index contributed by atoms with van der Waals surface area (Å²) in [4.78, 5) is 15.1. The Hall–Kier alpha value is -1.82. The minimum atomic E-state index is -0.603. The zero-order valence-corrected chi connectivity index (χ0v) is 8.68. The van der Waals surface area contributed by atoms with Crippen molar-refractivity contribution in [2.45, 2.75) is 12.5 Å². The Labute approximate surface area is 92.5 Å². The molecular formula is C10H13N3O3. The normalized spacial score (nSPS) is 19.6. The SMILES string of the molecule is NC(=O)c1cc(N)cnc1OC1CCOC1. The summed E-state index contributed by atoms with van der Waals surface area (Å²) in [6, 6.07) is 1.46. The summed E-state index contributed by atoms with van der Waals surface area (Å²) in [6.45, 7) is 1.16. The molecule has 0 saturated carbocycles. The van der Waals surface area contributed by atoms with E-state index in [1.165, 1.54) is 12.3 Å². The molecule has 1 amide bonds. The molecule has 0 spiro atoms. The lowest BCUT2D eigenvalue weighted by Crippen LogP contribution is -2.20. The minimum absolute atomic E-state index is 0.0748. The molecule has 86 valence electrons. The van der Waals surface area contributed by atoms with Gasteiger partial charge in [0.1, 0.15) is 11.7 Å². The third-order valence-electron chi connectivity index (χ3n) is 2.30. The number of primary amides is 1. The maximum absolute atomic E-state index is 11.2. The molecule has 1 saturated heterocycles. The van der Waals surface area contributed by atoms with Gasteiger partial charge in [-0.05, 0) is 6.07 Å². The highest BCUT2D eigenvalue weighted by atomic mass is 16.5. The second kappa shape index (κ2) is 4.36. The van der Waals surface area contributed by atoms with Crippen molar-refractivity contribution in [3.8, 4) is 5.88 Å². The molecule has 4 N–H and O–H groups in total. The van der Waals surface area contributed by atoms with E-state index in [-0.39, 0.29) is 17.5 Å². The van der Waals surface area contributed by atoms with Crippen molar-refractivity contribution in [1.82, 2.24) is 4.98 Å². The molecular weight excluding hydrogens is 210 g/mol. The van der Waals surface area contributed by atoms with Gasteiger partial charge < -0.3 is 20.9 Å². The van der Waals surface area contributed by atoms with Crippen LogP contribution in [0.15, 0.2) is 12.3 Å². The number of ether oxygens (including phenoxy) is 2. The van der Waals surface area contributed by atoms with Crippen LogP contribution in [0, 0.1) is 0 Å². The topological polar surface area (TPSA) is 100 Å². The average Bonchev–Trinajstić information content (AvgIpc) is 2.73. The molecule has 0 radical (unpaired) electrons. The van der Waals surface area contributed by atoms with Crippen LogP contribution in [0.3, 0.4) is 0 Å². The molecule has 2 heterocycles. The van der Waals surface area contributed by atoms with Crippen LogP contribution in [0.2, 0.25) is 0 Å². The average molecular weight is 223 g/mol. The van der Waals surface area contributed by atoms with E-state index in [0.717, 1.165) is 6.42 Å². The lowest BCUT2D eigenvalue weighted by atomic mass is 10.2. The first-order valence-corrected chi connectivity index (χ1v) is 4.96. The fourth-order valence-corrected chi connectivity index (χ4v) is 1.50. The van der Waals surface area contributed by atoms with Crippen molar-refractivity contribution >= 4 is 11.6 Å². The van der Waals surface area contributed by atoms with Gasteiger partial charge in [-0.2, -0.15) is 0 Å². The van der Waals surface area contributed by atoms with Gasteiger partial charge >= 0.3 is 0 Å². The molecule has 2 rings (SSSR count). The highest BCUT2D eigenvalue weighted by Crippen LogP contribution is 2.20. The van der Waals surface area contributed by atoms with Crippen LogP contribution in [0.4, 0.5) is 5.69 Å². The van der Waals surface area contributed by atoms with E-state index >= 15 is 0 Å². The van der Waals surface area contributed by atoms with Crippen LogP contribution in [0.1, 0.15) is 16.8 Å². The summed E-state index contributed by atoms with van der Waals surface area (Å²) in [5.41, 5.74) is 11.3. The van der Waals surface area contributed by atoms with Crippen LogP contribution in [0.25, 0.3) is 0 Å². The molecule has 6 nitrogen and oxygen atoms in total. The van der Waals surface area contributed by atoms with Gasteiger partial charge in [-0.25, -0.2) is 4.98 Å². The summed E-state index contributed by atoms with van der Waals surface area (Å²) in [6.07, 6.45) is 2.14. The van der Waals surface area contributed by atoms with Gasteiger partial charge in [0.2, 0.25) is 5.88 Å². The Balaban J connectivity index is 2.21. The summed E-state index contributed by atoms with van der Waals surface area (Å²) < 4.78 is 10.7. The lowest BCUT2D eigenvalue weighted by Gasteiger charge is -2.13. The van der Waals surface area contributed by atoms with Crippen LogP contribution in [-0.2, 0) is 4.74 Å². The maximum Gasteiger partial charge on any atom is 0.254 e. The van der Waals surface area contributed by atoms with E-state index in [0.29, 0.717) is 18.9 Å². The Morgan fingerprint density at radius 2 is 2.44 bits per heavy atom. The van der Waals surface area contributed by atoms with Gasteiger partial charge in [-0.1, -0.05) is 0 Å². The highest BCUT2D eigenvalue weighted by Gasteiger charge is 2.20. The van der Waals surface area contributed by atoms with E-state index in [2.05, 4.69) is 4.98 Å². The van der Waals surface area contributed by atoms with Gasteiger partial charge in [0.15, 0.2) is 0 Å². The first-order chi connectivity index (χ1) is 7.66. The second-order valence-corrected chi connectivity index (χ2v) is 3.59. The number of nitrogen functional groups attached to an aromatic ring is 1. The van der Waals surface area contributed by atoms with Crippen molar-refractivity contribution in [3.05, 3.63) is 17.8 Å². The fraction of sp³-hybridized carbons (Fsp3) is 0.400. The van der Waals surface area contributed by atoms with E-state index in [1.807, 2.05) is 0 Å². The number of anilines is 1. The van der Waals surface area contributed by atoms with E-state index in [1.54, 1.807) is 0 Å². The van der Waals surface area contributed by atoms with Crippen LogP contribution in [0.5, 0.6) is 5.88 Å². The Kier molecular flexibility index (Phi) is 2.91. The standard InChI is InChI=1S/C10H13N3O3/c11-6-3-8(9(12)14)10(13-4-6)16-7-1-2-15-5-7/h3-4,7H,1-2,5,11H2,(H2,12,14). The van der Waals surface area contributed by atoms with Crippen LogP contribution < -0.4 is 16.2 Å². The molecule has 0 aliphatic carbocycles. The minimum Gasteiger partial charge on any atom is -0.471 e. The van der Waals surface area contributed by atoms with E-state index in [9.17, 15) is 4.79 Å². The molecule has 1 unspecified atom stereocenters. The quantitative estimate of drug-likeness (QED) is 0.747. The van der Waals surface area contributed by atoms with Crippen molar-refractivity contribution in [2.24, 2.45) is 5.73 Å². The second-order valence-electron chi connectivity index (χ2n) is 3.59. The number of hydrogen-bond donors (Lipinski definition) is 2. The number of rotatable bonds is 3. The number of amides is 1. The third-order valence-corrected chi connectivity index (χ3v) is 2.30. The maximum atomic E-state index is 11.2. The number of carbonyl (C=O) groups is 1. The molecule has 6 heteroatoms. The zero-order valence-electron chi connectivity index (χ0n) is 8.68. The van der Waals surface area contributed by atoms with Crippen molar-refractivity contribution in [2.75, 3.05) is 18.9 Å². The lowest BCUT2D eigenvalue weighted by molar-refractivity contribution is 0.0986. The van der Waals surface area contributed by atoms with Gasteiger partial charge in [0.05, 0.1) is 25.1 Å². The molecule has 1 aliphatic rings. The third kappa shape index (κ3) is 2.22.